The molecule has 0 N–H and O–H groups in total. The van der Waals surface area contributed by atoms with Gasteiger partial charge in [0.25, 0.3) is 0 Å². The third kappa shape index (κ3) is 7.36. The van der Waals surface area contributed by atoms with Gasteiger partial charge in [-0.2, -0.15) is 21.6 Å². The van der Waals surface area contributed by atoms with Gasteiger partial charge in [-0.05, 0) is 54.6 Å². The first-order valence-corrected chi connectivity index (χ1v) is 14.0. The summed E-state index contributed by atoms with van der Waals surface area (Å²) in [6.45, 7) is 3.06. The SMILES string of the molecule is CCCCCC/C(=N\OS(=O)(=O)c1ccc(C(F)(F)F)cc1)C(=O)c1ccc(OCC2CO2)c2ccccc12. The number of hydrogen-bond acceptors (Lipinski definition) is 7. The molecule has 0 amide bonds. The number of ketones is 1. The number of alkyl halides is 3. The molecule has 0 aliphatic carbocycles. The minimum atomic E-state index is -4.62. The average Bonchev–Trinajstić information content (AvgIpc) is 3.75. The first-order chi connectivity index (χ1) is 18.6. The highest BCUT2D eigenvalue weighted by atomic mass is 32.2. The van der Waals surface area contributed by atoms with Gasteiger partial charge in [-0.15, -0.1) is 0 Å². The van der Waals surface area contributed by atoms with Crippen molar-refractivity contribution in [3.8, 4) is 5.75 Å². The van der Waals surface area contributed by atoms with E-state index in [1.807, 2.05) is 19.1 Å². The summed E-state index contributed by atoms with van der Waals surface area (Å²) in [6.07, 6.45) is -1.16. The summed E-state index contributed by atoms with van der Waals surface area (Å²) in [7, 11) is -4.57. The van der Waals surface area contributed by atoms with Crippen molar-refractivity contribution >= 4 is 32.4 Å². The molecule has 1 saturated heterocycles. The molecule has 1 unspecified atom stereocenters. The molecule has 0 bridgehead atoms. The van der Waals surface area contributed by atoms with Gasteiger partial charge in [0.2, 0.25) is 5.78 Å². The molecule has 1 fully saturated rings. The number of rotatable bonds is 13. The van der Waals surface area contributed by atoms with E-state index in [-0.39, 0.29) is 18.2 Å². The molecule has 4 rings (SSSR count). The lowest BCUT2D eigenvalue weighted by atomic mass is 9.96. The molecule has 7 nitrogen and oxygen atoms in total. The smallest absolute Gasteiger partial charge is 0.416 e. The number of carbonyl (C=O) groups excluding carboxylic acids is 1. The standard InChI is InChI=1S/C28H28F3NO6S/c1-2-3-4-5-10-25(32-38-39(34,35)21-13-11-19(12-14-21)28(29,30)31)27(33)24-15-16-26(37-18-20-17-36-20)23-9-7-6-8-22(23)24/h6-9,11-16,20H,2-5,10,17-18H2,1H3/b32-25+. The number of carbonyl (C=O) groups is 1. The van der Waals surface area contributed by atoms with Gasteiger partial charge in [-0.1, -0.05) is 55.6 Å². The minimum Gasteiger partial charge on any atom is -0.490 e. The molecule has 3 aromatic rings. The Morgan fingerprint density at radius 1 is 1.00 bits per heavy atom. The van der Waals surface area contributed by atoms with Crippen molar-refractivity contribution in [1.82, 2.24) is 0 Å². The van der Waals surface area contributed by atoms with E-state index in [9.17, 15) is 26.4 Å². The number of unbranched alkanes of at least 4 members (excludes halogenated alkanes) is 3. The van der Waals surface area contributed by atoms with Gasteiger partial charge in [-0.3, -0.25) is 9.08 Å². The summed E-state index contributed by atoms with van der Waals surface area (Å²) in [5.41, 5.74) is -0.808. The molecule has 11 heteroatoms. The topological polar surface area (TPSA) is 94.6 Å². The number of epoxide rings is 1. The first kappa shape index (κ1) is 28.6. The zero-order valence-corrected chi connectivity index (χ0v) is 22.1. The summed E-state index contributed by atoms with van der Waals surface area (Å²) < 4.78 is 79.8. The third-order valence-corrected chi connectivity index (χ3v) is 7.32. The molecule has 1 aliphatic rings. The Labute approximate surface area is 224 Å². The van der Waals surface area contributed by atoms with E-state index in [1.54, 1.807) is 24.3 Å². The summed E-state index contributed by atoms with van der Waals surface area (Å²) in [6, 6.07) is 13.3. The molecule has 0 spiro atoms. The van der Waals surface area contributed by atoms with Gasteiger partial charge in [0.1, 0.15) is 29.1 Å². The zero-order chi connectivity index (χ0) is 28.0. The van der Waals surface area contributed by atoms with Gasteiger partial charge < -0.3 is 9.47 Å². The maximum absolute atomic E-state index is 13.6. The molecule has 0 saturated carbocycles. The fourth-order valence-corrected chi connectivity index (χ4v) is 4.71. The van der Waals surface area contributed by atoms with Gasteiger partial charge in [0.05, 0.1) is 12.2 Å². The van der Waals surface area contributed by atoms with E-state index in [0.29, 0.717) is 53.9 Å². The molecular formula is C28H28F3NO6S. The zero-order valence-electron chi connectivity index (χ0n) is 21.2. The lowest BCUT2D eigenvalue weighted by Gasteiger charge is -2.13. The summed E-state index contributed by atoms with van der Waals surface area (Å²) in [5, 5.41) is 5.03. The van der Waals surface area contributed by atoms with Gasteiger partial charge in [0.15, 0.2) is 0 Å². The average molecular weight is 564 g/mol. The molecule has 1 atom stereocenters. The molecule has 208 valence electrons. The van der Waals surface area contributed by atoms with Crippen molar-refractivity contribution in [2.45, 2.75) is 56.2 Å². The molecule has 3 aromatic carbocycles. The van der Waals surface area contributed by atoms with Crippen LogP contribution in [0.1, 0.15) is 54.9 Å². The van der Waals surface area contributed by atoms with E-state index in [2.05, 4.69) is 5.16 Å². The highest BCUT2D eigenvalue weighted by molar-refractivity contribution is 7.86. The van der Waals surface area contributed by atoms with Crippen LogP contribution in [0.5, 0.6) is 5.75 Å². The van der Waals surface area contributed by atoms with Crippen LogP contribution in [0.4, 0.5) is 13.2 Å². The Balaban J connectivity index is 1.62. The van der Waals surface area contributed by atoms with Crippen molar-refractivity contribution in [2.24, 2.45) is 5.16 Å². The summed E-state index contributed by atoms with van der Waals surface area (Å²) in [5.74, 6) is 0.0719. The lowest BCUT2D eigenvalue weighted by Crippen LogP contribution is -2.17. The van der Waals surface area contributed by atoms with E-state index in [0.717, 1.165) is 31.4 Å². The van der Waals surface area contributed by atoms with Gasteiger partial charge >= 0.3 is 16.3 Å². The highest BCUT2D eigenvalue weighted by Gasteiger charge is 2.31. The second-order valence-electron chi connectivity index (χ2n) is 9.15. The van der Waals surface area contributed by atoms with Crippen LogP contribution in [0.25, 0.3) is 10.8 Å². The fraction of sp³-hybridized carbons (Fsp3) is 0.357. The van der Waals surface area contributed by atoms with E-state index in [1.165, 1.54) is 0 Å². The van der Waals surface area contributed by atoms with Crippen molar-refractivity contribution in [3.63, 3.8) is 0 Å². The lowest BCUT2D eigenvalue weighted by molar-refractivity contribution is -0.137. The van der Waals surface area contributed by atoms with E-state index < -0.39 is 32.5 Å². The monoisotopic (exact) mass is 563 g/mol. The Morgan fingerprint density at radius 2 is 1.69 bits per heavy atom. The van der Waals surface area contributed by atoms with Crippen molar-refractivity contribution in [1.29, 1.82) is 0 Å². The van der Waals surface area contributed by atoms with Gasteiger partial charge in [0, 0.05) is 10.9 Å². The van der Waals surface area contributed by atoms with E-state index in [4.69, 9.17) is 13.8 Å². The van der Waals surface area contributed by atoms with Crippen LogP contribution in [0.3, 0.4) is 0 Å². The van der Waals surface area contributed by atoms with Crippen LogP contribution < -0.4 is 4.74 Å². The van der Waals surface area contributed by atoms with Crippen LogP contribution in [0, 0.1) is 0 Å². The quantitative estimate of drug-likeness (QED) is 0.0770. The maximum atomic E-state index is 13.6. The van der Waals surface area contributed by atoms with Crippen LogP contribution in [-0.4, -0.2) is 39.2 Å². The number of hydrogen-bond donors (Lipinski definition) is 0. The third-order valence-electron chi connectivity index (χ3n) is 6.20. The predicted molar refractivity (Wildman–Crippen MR) is 139 cm³/mol. The molecule has 0 radical (unpaired) electrons. The normalized spacial score (nSPS) is 15.8. The summed E-state index contributed by atoms with van der Waals surface area (Å²) >= 11 is 0. The van der Waals surface area contributed by atoms with Gasteiger partial charge in [-0.25, -0.2) is 0 Å². The minimum absolute atomic E-state index is 0.0516. The number of ether oxygens (including phenoxy) is 2. The maximum Gasteiger partial charge on any atom is 0.416 e. The van der Waals surface area contributed by atoms with E-state index >= 15 is 0 Å². The van der Waals surface area contributed by atoms with Crippen molar-refractivity contribution in [3.05, 3.63) is 71.8 Å². The van der Waals surface area contributed by atoms with Crippen molar-refractivity contribution < 1.29 is 40.1 Å². The van der Waals surface area contributed by atoms with Crippen molar-refractivity contribution in [2.75, 3.05) is 13.2 Å². The number of halogens is 3. The largest absolute Gasteiger partial charge is 0.490 e. The number of fused-ring (bicyclic) bond motifs is 1. The Bertz CT molecular complexity index is 1450. The van der Waals surface area contributed by atoms with Crippen LogP contribution >= 0.6 is 0 Å². The fourth-order valence-electron chi connectivity index (χ4n) is 3.97. The molecule has 0 aromatic heterocycles. The first-order valence-electron chi connectivity index (χ1n) is 12.6. The summed E-state index contributed by atoms with van der Waals surface area (Å²) in [4.78, 5) is 13.1. The van der Waals surface area contributed by atoms with Crippen LogP contribution in [0.2, 0.25) is 0 Å². The molecule has 1 aliphatic heterocycles. The number of benzene rings is 3. The number of nitrogens with zero attached hydrogens (tertiary/aromatic N) is 1. The molecular weight excluding hydrogens is 535 g/mol. The number of oxime groups is 1. The highest BCUT2D eigenvalue weighted by Crippen LogP contribution is 2.31. The Kier molecular flexibility index (Phi) is 8.91. The van der Waals surface area contributed by atoms with Crippen LogP contribution in [-0.2, 0) is 25.3 Å². The number of Topliss-reactive ketones (excluding diaryl/α,β-unsaturated/α-hetero) is 1. The second kappa shape index (κ2) is 12.2. The van der Waals surface area contributed by atoms with Crippen LogP contribution in [0.15, 0.2) is 70.7 Å². The molecule has 1 heterocycles. The Hall–Kier alpha value is -3.44. The second-order valence-corrected chi connectivity index (χ2v) is 10.7. The Morgan fingerprint density at radius 3 is 2.33 bits per heavy atom. The molecule has 39 heavy (non-hydrogen) atoms. The predicted octanol–water partition coefficient (Wildman–Crippen LogP) is 6.55.